The average Bonchev–Trinajstić information content (AvgIpc) is 2.44. The van der Waals surface area contributed by atoms with Crippen molar-refractivity contribution in [2.24, 2.45) is 5.92 Å². The minimum Gasteiger partial charge on any atom is -0.384 e. The second-order valence-corrected chi connectivity index (χ2v) is 5.94. The van der Waals surface area contributed by atoms with Crippen LogP contribution in [0.15, 0.2) is 0 Å². The van der Waals surface area contributed by atoms with Gasteiger partial charge in [0, 0.05) is 19.8 Å². The summed E-state index contributed by atoms with van der Waals surface area (Å²) in [6.45, 7) is 10.5. The molecule has 0 bridgehead atoms. The minimum absolute atomic E-state index is 0.728. The van der Waals surface area contributed by atoms with Gasteiger partial charge >= 0.3 is 0 Å². The van der Waals surface area contributed by atoms with Crippen LogP contribution in [0.1, 0.15) is 52.4 Å². The summed E-state index contributed by atoms with van der Waals surface area (Å²) in [6.07, 6.45) is 7.80. The molecule has 3 heteroatoms. The fourth-order valence-electron chi connectivity index (χ4n) is 2.97. The summed E-state index contributed by atoms with van der Waals surface area (Å²) in [6, 6.07) is 0.728. The third kappa shape index (κ3) is 7.28. The molecule has 1 fully saturated rings. The zero-order chi connectivity index (χ0) is 13.9. The Kier molecular flexibility index (Phi) is 9.48. The molecular weight excluding hydrogens is 236 g/mol. The first-order chi connectivity index (χ1) is 9.30. The van der Waals surface area contributed by atoms with Gasteiger partial charge in [-0.15, -0.1) is 0 Å². The lowest BCUT2D eigenvalue weighted by molar-refractivity contribution is 0.0985. The Hall–Kier alpha value is -0.120. The first-order valence-corrected chi connectivity index (χ1v) is 8.24. The number of hydrogen-bond acceptors (Lipinski definition) is 3. The lowest BCUT2D eigenvalue weighted by Gasteiger charge is -2.31. The van der Waals surface area contributed by atoms with Gasteiger partial charge in [0.25, 0.3) is 0 Å². The highest BCUT2D eigenvalue weighted by atomic mass is 16.5. The second-order valence-electron chi connectivity index (χ2n) is 5.94. The molecule has 0 aromatic heterocycles. The molecule has 1 unspecified atom stereocenters. The zero-order valence-electron chi connectivity index (χ0n) is 13.3. The van der Waals surface area contributed by atoms with Gasteiger partial charge in [0.15, 0.2) is 0 Å². The first kappa shape index (κ1) is 16.9. The number of ether oxygens (including phenoxy) is 1. The summed E-state index contributed by atoms with van der Waals surface area (Å²) in [5.74, 6) is 0.802. The maximum absolute atomic E-state index is 5.25. The molecule has 1 aliphatic rings. The standard InChI is InChI=1S/C16H34N2O/c1-4-10-17-16(5-2)7-6-11-18-12-8-15(9-13-18)14-19-3/h15-17H,4-14H2,1-3H3. The summed E-state index contributed by atoms with van der Waals surface area (Å²) in [5, 5.41) is 3.65. The molecule has 0 aliphatic carbocycles. The molecule has 3 nitrogen and oxygen atoms in total. The van der Waals surface area contributed by atoms with Crippen LogP contribution in [-0.2, 0) is 4.74 Å². The number of likely N-dealkylation sites (tertiary alicyclic amines) is 1. The Morgan fingerprint density at radius 3 is 2.58 bits per heavy atom. The van der Waals surface area contributed by atoms with Crippen molar-refractivity contribution in [1.29, 1.82) is 0 Å². The predicted molar refractivity (Wildman–Crippen MR) is 82.6 cm³/mol. The molecule has 0 spiro atoms. The summed E-state index contributed by atoms with van der Waals surface area (Å²) in [7, 11) is 1.82. The van der Waals surface area contributed by atoms with E-state index in [1.807, 2.05) is 7.11 Å². The van der Waals surface area contributed by atoms with Crippen LogP contribution in [0.3, 0.4) is 0 Å². The molecule has 0 saturated carbocycles. The van der Waals surface area contributed by atoms with Crippen molar-refractivity contribution < 1.29 is 4.74 Å². The van der Waals surface area contributed by atoms with Crippen LogP contribution in [0.2, 0.25) is 0 Å². The third-order valence-corrected chi connectivity index (χ3v) is 4.31. The van der Waals surface area contributed by atoms with E-state index in [1.54, 1.807) is 0 Å². The van der Waals surface area contributed by atoms with Gasteiger partial charge in [0.2, 0.25) is 0 Å². The zero-order valence-corrected chi connectivity index (χ0v) is 13.3. The van der Waals surface area contributed by atoms with E-state index in [0.717, 1.165) is 18.6 Å². The molecule has 1 heterocycles. The van der Waals surface area contributed by atoms with Crippen LogP contribution in [0, 0.1) is 5.92 Å². The van der Waals surface area contributed by atoms with Crippen LogP contribution in [0.25, 0.3) is 0 Å². The number of nitrogens with one attached hydrogen (secondary N) is 1. The topological polar surface area (TPSA) is 24.5 Å². The van der Waals surface area contributed by atoms with Gasteiger partial charge in [-0.25, -0.2) is 0 Å². The Bertz CT molecular complexity index is 203. The minimum atomic E-state index is 0.728. The van der Waals surface area contributed by atoms with Gasteiger partial charge in [-0.2, -0.15) is 0 Å². The van der Waals surface area contributed by atoms with E-state index in [4.69, 9.17) is 4.74 Å². The van der Waals surface area contributed by atoms with Crippen LogP contribution < -0.4 is 5.32 Å². The number of hydrogen-bond donors (Lipinski definition) is 1. The maximum atomic E-state index is 5.25. The number of piperidine rings is 1. The summed E-state index contributed by atoms with van der Waals surface area (Å²) in [4.78, 5) is 2.64. The summed E-state index contributed by atoms with van der Waals surface area (Å²) >= 11 is 0. The first-order valence-electron chi connectivity index (χ1n) is 8.24. The Labute approximate surface area is 120 Å². The van der Waals surface area contributed by atoms with E-state index >= 15 is 0 Å². The van der Waals surface area contributed by atoms with Gasteiger partial charge in [-0.3, -0.25) is 0 Å². The van der Waals surface area contributed by atoms with Gasteiger partial charge in [-0.05, 0) is 70.6 Å². The molecule has 0 aromatic rings. The van der Waals surface area contributed by atoms with Crippen LogP contribution >= 0.6 is 0 Å². The predicted octanol–water partition coefficient (Wildman–Crippen LogP) is 2.90. The van der Waals surface area contributed by atoms with E-state index in [-0.39, 0.29) is 0 Å². The van der Waals surface area contributed by atoms with Crippen LogP contribution in [0.5, 0.6) is 0 Å². The normalized spacial score (nSPS) is 19.7. The van der Waals surface area contributed by atoms with E-state index in [9.17, 15) is 0 Å². The van der Waals surface area contributed by atoms with Crippen molar-refractivity contribution in [2.45, 2.75) is 58.4 Å². The number of nitrogens with zero attached hydrogens (tertiary/aromatic N) is 1. The van der Waals surface area contributed by atoms with Crippen molar-refractivity contribution >= 4 is 0 Å². The van der Waals surface area contributed by atoms with Gasteiger partial charge in [-0.1, -0.05) is 13.8 Å². The molecule has 0 amide bonds. The average molecular weight is 270 g/mol. The van der Waals surface area contributed by atoms with Gasteiger partial charge in [0.1, 0.15) is 0 Å². The van der Waals surface area contributed by atoms with E-state index in [1.165, 1.54) is 64.7 Å². The van der Waals surface area contributed by atoms with Crippen molar-refractivity contribution in [2.75, 3.05) is 39.9 Å². The molecule has 1 aliphatic heterocycles. The van der Waals surface area contributed by atoms with Gasteiger partial charge in [0.05, 0.1) is 0 Å². The Morgan fingerprint density at radius 2 is 2.00 bits per heavy atom. The molecule has 1 rings (SSSR count). The highest BCUT2D eigenvalue weighted by Crippen LogP contribution is 2.17. The van der Waals surface area contributed by atoms with E-state index in [2.05, 4.69) is 24.1 Å². The maximum Gasteiger partial charge on any atom is 0.0491 e. The van der Waals surface area contributed by atoms with Crippen molar-refractivity contribution in [1.82, 2.24) is 10.2 Å². The van der Waals surface area contributed by atoms with Crippen LogP contribution in [0.4, 0.5) is 0 Å². The van der Waals surface area contributed by atoms with Crippen molar-refractivity contribution in [3.63, 3.8) is 0 Å². The van der Waals surface area contributed by atoms with E-state index in [0.29, 0.717) is 0 Å². The Balaban J connectivity index is 2.06. The second kappa shape index (κ2) is 10.6. The lowest BCUT2D eigenvalue weighted by Crippen LogP contribution is -2.36. The highest BCUT2D eigenvalue weighted by molar-refractivity contribution is 4.73. The fourth-order valence-corrected chi connectivity index (χ4v) is 2.97. The van der Waals surface area contributed by atoms with Gasteiger partial charge < -0.3 is 15.0 Å². The Morgan fingerprint density at radius 1 is 1.26 bits per heavy atom. The molecule has 1 N–H and O–H groups in total. The molecule has 1 saturated heterocycles. The molecule has 0 radical (unpaired) electrons. The monoisotopic (exact) mass is 270 g/mol. The summed E-state index contributed by atoms with van der Waals surface area (Å²) < 4.78 is 5.25. The van der Waals surface area contributed by atoms with Crippen molar-refractivity contribution in [3.8, 4) is 0 Å². The smallest absolute Gasteiger partial charge is 0.0491 e. The van der Waals surface area contributed by atoms with Crippen molar-refractivity contribution in [3.05, 3.63) is 0 Å². The fraction of sp³-hybridized carbons (Fsp3) is 1.00. The lowest BCUT2D eigenvalue weighted by atomic mass is 9.97. The SMILES string of the molecule is CCCNC(CC)CCCN1CCC(COC)CC1. The molecule has 1 atom stereocenters. The number of rotatable bonds is 10. The molecule has 19 heavy (non-hydrogen) atoms. The molecular formula is C16H34N2O. The quantitative estimate of drug-likeness (QED) is 0.660. The highest BCUT2D eigenvalue weighted by Gasteiger charge is 2.18. The molecule has 114 valence electrons. The molecule has 0 aromatic carbocycles. The number of methoxy groups -OCH3 is 1. The third-order valence-electron chi connectivity index (χ3n) is 4.31. The van der Waals surface area contributed by atoms with Crippen LogP contribution in [-0.4, -0.2) is 50.8 Å². The summed E-state index contributed by atoms with van der Waals surface area (Å²) in [5.41, 5.74) is 0. The largest absolute Gasteiger partial charge is 0.384 e. The van der Waals surface area contributed by atoms with E-state index < -0.39 is 0 Å².